The zero-order valence-corrected chi connectivity index (χ0v) is 19.3. The van der Waals surface area contributed by atoms with E-state index in [0.717, 1.165) is 16.0 Å². The molecule has 0 radical (unpaired) electrons. The van der Waals surface area contributed by atoms with Crippen LogP contribution in [-0.2, 0) is 9.59 Å². The Balaban J connectivity index is 1.47. The molecule has 9 nitrogen and oxygen atoms in total. The van der Waals surface area contributed by atoms with Crippen molar-refractivity contribution in [1.82, 2.24) is 0 Å². The van der Waals surface area contributed by atoms with Crippen molar-refractivity contribution < 1.29 is 24.0 Å². The number of esters is 1. The molecule has 0 saturated carbocycles. The average Bonchev–Trinajstić information content (AvgIpc) is 3.05. The highest BCUT2D eigenvalue weighted by molar-refractivity contribution is 6.53. The summed E-state index contributed by atoms with van der Waals surface area (Å²) in [6.07, 6.45) is 0. The van der Waals surface area contributed by atoms with E-state index in [0.29, 0.717) is 11.4 Å². The largest absolute Gasteiger partial charge is 0.423 e. The number of imide groups is 1. The Morgan fingerprint density at radius 1 is 0.971 bits per heavy atom. The van der Waals surface area contributed by atoms with Crippen LogP contribution < -0.4 is 15.0 Å². The number of nitro groups is 1. The number of carbonyl (C=O) groups is 3. The number of rotatable bonds is 6. The lowest BCUT2D eigenvalue weighted by atomic mass is 10.1. The third kappa shape index (κ3) is 4.62. The highest BCUT2D eigenvalue weighted by Gasteiger charge is 2.39. The van der Waals surface area contributed by atoms with Crippen LogP contribution >= 0.6 is 11.6 Å². The lowest BCUT2D eigenvalue weighted by molar-refractivity contribution is -0.384. The van der Waals surface area contributed by atoms with E-state index < -0.39 is 22.7 Å². The molecular weight excluding hydrogens is 474 g/mol. The van der Waals surface area contributed by atoms with Crippen molar-refractivity contribution in [1.29, 1.82) is 0 Å². The van der Waals surface area contributed by atoms with Gasteiger partial charge >= 0.3 is 5.97 Å². The van der Waals surface area contributed by atoms with Gasteiger partial charge in [0, 0.05) is 17.8 Å². The first-order valence-electron chi connectivity index (χ1n) is 10.4. The van der Waals surface area contributed by atoms with Crippen molar-refractivity contribution in [2.45, 2.75) is 13.8 Å². The van der Waals surface area contributed by atoms with E-state index in [-0.39, 0.29) is 27.7 Å². The van der Waals surface area contributed by atoms with Gasteiger partial charge in [-0.3, -0.25) is 19.7 Å². The third-order valence-electron chi connectivity index (χ3n) is 5.49. The number of amides is 2. The summed E-state index contributed by atoms with van der Waals surface area (Å²) in [6, 6.07) is 16.4. The van der Waals surface area contributed by atoms with Crippen molar-refractivity contribution >= 4 is 46.4 Å². The van der Waals surface area contributed by atoms with Crippen molar-refractivity contribution in [2.24, 2.45) is 0 Å². The van der Waals surface area contributed by atoms with Crippen LogP contribution in [0.15, 0.2) is 77.5 Å². The highest BCUT2D eigenvalue weighted by Crippen LogP contribution is 2.33. The molecule has 0 spiro atoms. The van der Waals surface area contributed by atoms with Gasteiger partial charge in [-0.2, -0.15) is 0 Å². The van der Waals surface area contributed by atoms with Crippen molar-refractivity contribution in [3.63, 3.8) is 0 Å². The van der Waals surface area contributed by atoms with Crippen LogP contribution in [0.3, 0.4) is 0 Å². The standard InChI is InChI=1S/C25H18ClN3O6/c1-14-4-3-5-20(15(14)2)28-23(30)21(26)22(24(28)31)27-17-8-6-16(7-9-17)25(32)35-19-12-10-18(11-13-19)29(33)34/h3-13,27H,1-2H3. The molecule has 3 aromatic carbocycles. The molecule has 4 rings (SSSR count). The van der Waals surface area contributed by atoms with Gasteiger partial charge in [0.15, 0.2) is 0 Å². The minimum Gasteiger partial charge on any atom is -0.423 e. The minimum atomic E-state index is -0.670. The average molecular weight is 492 g/mol. The Bertz CT molecular complexity index is 1400. The van der Waals surface area contributed by atoms with Gasteiger partial charge in [-0.1, -0.05) is 23.7 Å². The number of carbonyl (C=O) groups excluding carboxylic acids is 3. The first kappa shape index (κ1) is 23.7. The molecule has 0 atom stereocenters. The molecule has 0 fully saturated rings. The number of hydrogen-bond donors (Lipinski definition) is 1. The summed E-state index contributed by atoms with van der Waals surface area (Å²) in [5.74, 6) is -1.73. The number of nitro benzene ring substituents is 1. The van der Waals surface area contributed by atoms with Crippen LogP contribution in [0.4, 0.5) is 17.1 Å². The molecular formula is C25H18ClN3O6. The second-order valence-electron chi connectivity index (χ2n) is 7.70. The topological polar surface area (TPSA) is 119 Å². The van der Waals surface area contributed by atoms with Gasteiger partial charge < -0.3 is 10.1 Å². The number of halogens is 1. The van der Waals surface area contributed by atoms with E-state index in [9.17, 15) is 24.5 Å². The molecule has 2 amide bonds. The summed E-state index contributed by atoms with van der Waals surface area (Å²) >= 11 is 6.20. The molecule has 0 unspecified atom stereocenters. The summed E-state index contributed by atoms with van der Waals surface area (Å²) in [6.45, 7) is 3.70. The summed E-state index contributed by atoms with van der Waals surface area (Å²) in [5, 5.41) is 13.3. The maximum atomic E-state index is 13.0. The van der Waals surface area contributed by atoms with Crippen LogP contribution in [0, 0.1) is 24.0 Å². The maximum Gasteiger partial charge on any atom is 0.343 e. The van der Waals surface area contributed by atoms with Crippen LogP contribution in [0.2, 0.25) is 0 Å². The fraction of sp³-hybridized carbons (Fsp3) is 0.0800. The molecule has 1 aliphatic heterocycles. The third-order valence-corrected chi connectivity index (χ3v) is 5.84. The monoisotopic (exact) mass is 491 g/mol. The van der Waals surface area contributed by atoms with Gasteiger partial charge in [-0.05, 0) is 67.4 Å². The Morgan fingerprint density at radius 2 is 1.63 bits per heavy atom. The van der Waals surface area contributed by atoms with Gasteiger partial charge in [0.2, 0.25) is 0 Å². The molecule has 3 aromatic rings. The molecule has 1 N–H and O–H groups in total. The molecule has 0 bridgehead atoms. The molecule has 0 saturated heterocycles. The van der Waals surface area contributed by atoms with E-state index in [4.69, 9.17) is 16.3 Å². The van der Waals surface area contributed by atoms with Gasteiger partial charge in [0.1, 0.15) is 16.5 Å². The van der Waals surface area contributed by atoms with E-state index in [1.54, 1.807) is 12.1 Å². The van der Waals surface area contributed by atoms with Gasteiger partial charge in [-0.25, -0.2) is 9.69 Å². The first-order chi connectivity index (χ1) is 16.7. The van der Waals surface area contributed by atoms with E-state index in [1.165, 1.54) is 48.5 Å². The zero-order chi connectivity index (χ0) is 25.3. The van der Waals surface area contributed by atoms with Crippen LogP contribution in [-0.4, -0.2) is 22.7 Å². The number of benzene rings is 3. The van der Waals surface area contributed by atoms with E-state index in [1.807, 2.05) is 19.9 Å². The lowest BCUT2D eigenvalue weighted by Gasteiger charge is -2.18. The molecule has 10 heteroatoms. The summed E-state index contributed by atoms with van der Waals surface area (Å²) in [7, 11) is 0. The Morgan fingerprint density at radius 3 is 2.26 bits per heavy atom. The minimum absolute atomic E-state index is 0.0706. The number of hydrogen-bond acceptors (Lipinski definition) is 7. The summed E-state index contributed by atoms with van der Waals surface area (Å²) < 4.78 is 5.22. The number of ether oxygens (including phenoxy) is 1. The molecule has 1 aliphatic rings. The Kier molecular flexibility index (Phi) is 6.35. The molecule has 1 heterocycles. The second-order valence-corrected chi connectivity index (χ2v) is 8.07. The molecule has 0 aliphatic carbocycles. The summed E-state index contributed by atoms with van der Waals surface area (Å²) in [5.41, 5.74) is 2.61. The van der Waals surface area contributed by atoms with Crippen molar-refractivity contribution in [3.05, 3.63) is 104 Å². The number of nitrogens with one attached hydrogen (secondary N) is 1. The maximum absolute atomic E-state index is 13.0. The smallest absolute Gasteiger partial charge is 0.343 e. The Labute approximate surface area is 204 Å². The normalized spacial score (nSPS) is 13.3. The summed E-state index contributed by atoms with van der Waals surface area (Å²) in [4.78, 5) is 49.3. The molecule has 176 valence electrons. The number of aryl methyl sites for hydroxylation is 1. The molecule has 35 heavy (non-hydrogen) atoms. The quantitative estimate of drug-likeness (QED) is 0.172. The lowest BCUT2D eigenvalue weighted by Crippen LogP contribution is -2.33. The number of non-ortho nitro benzene ring substituents is 1. The number of anilines is 2. The van der Waals surface area contributed by atoms with Crippen LogP contribution in [0.25, 0.3) is 0 Å². The number of nitrogens with zero attached hydrogens (tertiary/aromatic N) is 2. The predicted molar refractivity (Wildman–Crippen MR) is 129 cm³/mol. The van der Waals surface area contributed by atoms with Gasteiger partial charge in [-0.15, -0.1) is 0 Å². The van der Waals surface area contributed by atoms with Gasteiger partial charge in [0.25, 0.3) is 17.5 Å². The van der Waals surface area contributed by atoms with Gasteiger partial charge in [0.05, 0.1) is 16.2 Å². The molecule has 0 aromatic heterocycles. The fourth-order valence-corrected chi connectivity index (χ4v) is 3.66. The van der Waals surface area contributed by atoms with Crippen LogP contribution in [0.1, 0.15) is 21.5 Å². The van der Waals surface area contributed by atoms with Crippen molar-refractivity contribution in [2.75, 3.05) is 10.2 Å². The van der Waals surface area contributed by atoms with Crippen molar-refractivity contribution in [3.8, 4) is 5.75 Å². The SMILES string of the molecule is Cc1cccc(N2C(=O)C(Cl)=C(Nc3ccc(C(=O)Oc4ccc([N+](=O)[O-])cc4)cc3)C2=O)c1C. The van der Waals surface area contributed by atoms with E-state index in [2.05, 4.69) is 5.32 Å². The second kappa shape index (κ2) is 9.40. The zero-order valence-electron chi connectivity index (χ0n) is 18.6. The van der Waals surface area contributed by atoms with Crippen LogP contribution in [0.5, 0.6) is 5.75 Å². The Hall–Kier alpha value is -4.50. The van der Waals surface area contributed by atoms with E-state index >= 15 is 0 Å². The predicted octanol–water partition coefficient (Wildman–Crippen LogP) is 4.87. The highest BCUT2D eigenvalue weighted by atomic mass is 35.5. The first-order valence-corrected chi connectivity index (χ1v) is 10.7. The fourth-order valence-electron chi connectivity index (χ4n) is 3.44.